The topological polar surface area (TPSA) is 88.7 Å². The molecule has 116 valence electrons. The molecule has 1 saturated heterocycles. The van der Waals surface area contributed by atoms with E-state index in [1.807, 2.05) is 29.2 Å². The van der Waals surface area contributed by atoms with Gasteiger partial charge in [0.25, 0.3) is 0 Å². The Balaban J connectivity index is 1.72. The minimum atomic E-state index is -0.799. The number of methoxy groups -OCH3 is 1. The Bertz CT molecular complexity index is 653. The summed E-state index contributed by atoms with van der Waals surface area (Å²) in [6.07, 6.45) is 1.53. The van der Waals surface area contributed by atoms with E-state index in [9.17, 15) is 9.90 Å². The Hall–Kier alpha value is -2.41. The van der Waals surface area contributed by atoms with Crippen LogP contribution in [0.5, 0.6) is 5.75 Å². The number of nitrogens with zero attached hydrogens (tertiary/aromatic N) is 3. The lowest BCUT2D eigenvalue weighted by molar-refractivity contribution is -0.142. The fraction of sp³-hybridized carbons (Fsp3) is 0.400. The minimum Gasteiger partial charge on any atom is -0.497 e. The lowest BCUT2D eigenvalue weighted by Crippen LogP contribution is -2.35. The van der Waals surface area contributed by atoms with Crippen molar-refractivity contribution in [2.45, 2.75) is 25.4 Å². The van der Waals surface area contributed by atoms with Crippen molar-refractivity contribution in [1.29, 1.82) is 0 Å². The normalized spacial score (nSPS) is 18.5. The van der Waals surface area contributed by atoms with Crippen molar-refractivity contribution in [2.24, 2.45) is 0 Å². The minimum absolute atomic E-state index is 0.361. The smallest absolute Gasteiger partial charge is 0.320 e. The van der Waals surface area contributed by atoms with Crippen LogP contribution in [0.1, 0.15) is 18.7 Å². The van der Waals surface area contributed by atoms with Gasteiger partial charge in [0.2, 0.25) is 11.7 Å². The van der Waals surface area contributed by atoms with E-state index in [-0.39, 0.29) is 0 Å². The van der Waals surface area contributed by atoms with Crippen LogP contribution in [0.3, 0.4) is 0 Å². The van der Waals surface area contributed by atoms with Crippen LogP contribution >= 0.6 is 0 Å². The van der Waals surface area contributed by atoms with Crippen LogP contribution in [0.15, 0.2) is 28.8 Å². The molecule has 2 heterocycles. The lowest BCUT2D eigenvalue weighted by atomic mass is 10.2. The Morgan fingerprint density at radius 3 is 2.91 bits per heavy atom. The van der Waals surface area contributed by atoms with Gasteiger partial charge in [0.05, 0.1) is 13.7 Å². The summed E-state index contributed by atoms with van der Waals surface area (Å²) in [5.41, 5.74) is 0.826. The molecule has 0 saturated carbocycles. The standard InChI is InChI=1S/C15H17N3O4/c1-21-11-6-4-10(5-7-11)14-16-13(22-17-14)9-18-8-2-3-12(18)15(19)20/h4-7,12H,2-3,8-9H2,1H3,(H,19,20)/t12-/m0/s1. The van der Waals surface area contributed by atoms with E-state index in [4.69, 9.17) is 9.26 Å². The van der Waals surface area contributed by atoms with Crippen LogP contribution < -0.4 is 4.74 Å². The Kier molecular flexibility index (Phi) is 4.06. The molecule has 3 rings (SSSR count). The van der Waals surface area contributed by atoms with Gasteiger partial charge in [-0.05, 0) is 43.7 Å². The first kappa shape index (κ1) is 14.5. The third-order valence-electron chi connectivity index (χ3n) is 3.80. The van der Waals surface area contributed by atoms with Gasteiger partial charge in [-0.25, -0.2) is 0 Å². The van der Waals surface area contributed by atoms with E-state index in [0.29, 0.717) is 24.7 Å². The highest BCUT2D eigenvalue weighted by molar-refractivity contribution is 5.73. The molecular formula is C15H17N3O4. The second-order valence-electron chi connectivity index (χ2n) is 5.21. The molecule has 0 radical (unpaired) electrons. The van der Waals surface area contributed by atoms with Crippen molar-refractivity contribution in [3.63, 3.8) is 0 Å². The molecule has 0 bridgehead atoms. The van der Waals surface area contributed by atoms with Crippen molar-refractivity contribution < 1.29 is 19.2 Å². The maximum atomic E-state index is 11.2. The molecule has 2 aromatic rings. The highest BCUT2D eigenvalue weighted by atomic mass is 16.5. The van der Waals surface area contributed by atoms with Crippen LogP contribution in [0, 0.1) is 0 Å². The zero-order valence-corrected chi connectivity index (χ0v) is 12.2. The molecule has 1 atom stereocenters. The van der Waals surface area contributed by atoms with Gasteiger partial charge in [0.15, 0.2) is 0 Å². The van der Waals surface area contributed by atoms with Gasteiger partial charge in [0, 0.05) is 5.56 Å². The number of aromatic nitrogens is 2. The molecule has 1 aromatic heterocycles. The number of carboxylic acids is 1. The summed E-state index contributed by atoms with van der Waals surface area (Å²) in [5.74, 6) is 0.879. The number of carboxylic acid groups (broad SMARTS) is 1. The van der Waals surface area contributed by atoms with Crippen LogP contribution in [0.2, 0.25) is 0 Å². The first-order valence-electron chi connectivity index (χ1n) is 7.11. The van der Waals surface area contributed by atoms with E-state index in [1.165, 1.54) is 0 Å². The fourth-order valence-electron chi connectivity index (χ4n) is 2.65. The number of ether oxygens (including phenoxy) is 1. The predicted molar refractivity (Wildman–Crippen MR) is 77.4 cm³/mol. The molecule has 1 fully saturated rings. The van der Waals surface area contributed by atoms with Crippen LogP contribution in [0.4, 0.5) is 0 Å². The molecule has 1 aliphatic heterocycles. The van der Waals surface area contributed by atoms with Gasteiger partial charge < -0.3 is 14.4 Å². The number of hydrogen-bond acceptors (Lipinski definition) is 6. The Morgan fingerprint density at radius 2 is 2.23 bits per heavy atom. The number of aliphatic carboxylic acids is 1. The van der Waals surface area contributed by atoms with E-state index in [1.54, 1.807) is 7.11 Å². The summed E-state index contributed by atoms with van der Waals surface area (Å²) in [6.45, 7) is 1.09. The molecule has 1 aromatic carbocycles. The number of likely N-dealkylation sites (tertiary alicyclic amines) is 1. The quantitative estimate of drug-likeness (QED) is 0.900. The molecule has 1 N–H and O–H groups in total. The second-order valence-corrected chi connectivity index (χ2v) is 5.21. The Morgan fingerprint density at radius 1 is 1.45 bits per heavy atom. The monoisotopic (exact) mass is 303 g/mol. The first-order chi connectivity index (χ1) is 10.7. The van der Waals surface area contributed by atoms with Crippen molar-refractivity contribution in [3.05, 3.63) is 30.2 Å². The lowest BCUT2D eigenvalue weighted by Gasteiger charge is -2.18. The highest BCUT2D eigenvalue weighted by Gasteiger charge is 2.31. The fourth-order valence-corrected chi connectivity index (χ4v) is 2.65. The maximum absolute atomic E-state index is 11.2. The average Bonchev–Trinajstić information content (AvgIpc) is 3.17. The van der Waals surface area contributed by atoms with Crippen LogP contribution in [0.25, 0.3) is 11.4 Å². The number of benzene rings is 1. The van der Waals surface area contributed by atoms with E-state index in [2.05, 4.69) is 10.1 Å². The molecule has 1 aliphatic rings. The predicted octanol–water partition coefficient (Wildman–Crippen LogP) is 1.79. The van der Waals surface area contributed by atoms with Crippen molar-refractivity contribution in [2.75, 3.05) is 13.7 Å². The third kappa shape index (κ3) is 2.94. The van der Waals surface area contributed by atoms with Gasteiger partial charge in [-0.2, -0.15) is 4.98 Å². The summed E-state index contributed by atoms with van der Waals surface area (Å²) in [6, 6.07) is 6.89. The van der Waals surface area contributed by atoms with E-state index < -0.39 is 12.0 Å². The van der Waals surface area contributed by atoms with Gasteiger partial charge in [-0.1, -0.05) is 5.16 Å². The SMILES string of the molecule is COc1ccc(-c2noc(CN3CCC[C@H]3C(=O)O)n2)cc1. The number of rotatable bonds is 5. The van der Waals surface area contributed by atoms with Crippen molar-refractivity contribution >= 4 is 5.97 Å². The highest BCUT2D eigenvalue weighted by Crippen LogP contribution is 2.22. The third-order valence-corrected chi connectivity index (χ3v) is 3.80. The summed E-state index contributed by atoms with van der Waals surface area (Å²) < 4.78 is 10.3. The van der Waals surface area contributed by atoms with Gasteiger partial charge >= 0.3 is 5.97 Å². The van der Waals surface area contributed by atoms with Gasteiger partial charge in [-0.15, -0.1) is 0 Å². The number of hydrogen-bond donors (Lipinski definition) is 1. The molecular weight excluding hydrogens is 286 g/mol. The van der Waals surface area contributed by atoms with Crippen molar-refractivity contribution in [3.8, 4) is 17.1 Å². The van der Waals surface area contributed by atoms with Crippen LogP contribution in [-0.2, 0) is 11.3 Å². The van der Waals surface area contributed by atoms with Gasteiger partial charge in [-0.3, -0.25) is 9.69 Å². The summed E-state index contributed by atoms with van der Waals surface area (Å²) in [5, 5.41) is 13.1. The molecule has 0 spiro atoms. The van der Waals surface area contributed by atoms with Crippen LogP contribution in [-0.4, -0.2) is 45.8 Å². The summed E-state index contributed by atoms with van der Waals surface area (Å²) >= 11 is 0. The zero-order chi connectivity index (χ0) is 15.5. The van der Waals surface area contributed by atoms with E-state index >= 15 is 0 Å². The first-order valence-corrected chi connectivity index (χ1v) is 7.11. The molecule has 7 nitrogen and oxygen atoms in total. The molecule has 0 unspecified atom stereocenters. The molecule has 0 amide bonds. The average molecular weight is 303 g/mol. The number of carbonyl (C=O) groups is 1. The second kappa shape index (κ2) is 6.15. The Labute approximate surface area is 127 Å². The van der Waals surface area contributed by atoms with E-state index in [0.717, 1.165) is 24.3 Å². The molecule has 22 heavy (non-hydrogen) atoms. The maximum Gasteiger partial charge on any atom is 0.320 e. The van der Waals surface area contributed by atoms with Gasteiger partial charge in [0.1, 0.15) is 11.8 Å². The summed E-state index contributed by atoms with van der Waals surface area (Å²) in [4.78, 5) is 17.4. The largest absolute Gasteiger partial charge is 0.497 e. The zero-order valence-electron chi connectivity index (χ0n) is 12.2. The van der Waals surface area contributed by atoms with Crippen molar-refractivity contribution in [1.82, 2.24) is 15.0 Å². The molecule has 0 aliphatic carbocycles. The molecule has 7 heteroatoms. The summed E-state index contributed by atoms with van der Waals surface area (Å²) in [7, 11) is 1.61.